The van der Waals surface area contributed by atoms with Crippen molar-refractivity contribution in [2.45, 2.75) is 44.6 Å². The van der Waals surface area contributed by atoms with Crippen LogP contribution in [0.3, 0.4) is 0 Å². The van der Waals surface area contributed by atoms with E-state index in [1.807, 2.05) is 12.1 Å². The molecule has 2 fully saturated rings. The molecule has 1 aromatic carbocycles. The Morgan fingerprint density at radius 2 is 2.11 bits per heavy atom. The van der Waals surface area contributed by atoms with Gasteiger partial charge in [0.2, 0.25) is 5.88 Å². The number of hydrogen-bond acceptors (Lipinski definition) is 7. The lowest BCUT2D eigenvalue weighted by molar-refractivity contribution is -0.138. The monoisotopic (exact) mass is 509 g/mol. The molecular formula is C26H28ClN5O4. The zero-order valence-electron chi connectivity index (χ0n) is 20.1. The second-order valence-electron chi connectivity index (χ2n) is 9.21. The van der Waals surface area contributed by atoms with Crippen LogP contribution in [0.25, 0.3) is 5.57 Å². The van der Waals surface area contributed by atoms with E-state index in [2.05, 4.69) is 39.7 Å². The SMILES string of the molecule is COc1nc(/C(=C/[C@H]2CCOC2)c2ccc(CCc3nnn(CC(=O)O)n3)c(Cl)c2)ccc1C1CC1. The molecule has 2 aliphatic rings. The van der Waals surface area contributed by atoms with Gasteiger partial charge in [-0.05, 0) is 60.1 Å². The molecule has 1 saturated heterocycles. The normalized spacial score (nSPS) is 17.9. The molecule has 3 aromatic rings. The third kappa shape index (κ3) is 5.74. The maximum atomic E-state index is 10.8. The van der Waals surface area contributed by atoms with Crippen LogP contribution in [0.2, 0.25) is 5.02 Å². The van der Waals surface area contributed by atoms with Gasteiger partial charge in [-0.25, -0.2) is 4.98 Å². The molecule has 1 saturated carbocycles. The summed E-state index contributed by atoms with van der Waals surface area (Å²) in [6.07, 6.45) is 6.69. The van der Waals surface area contributed by atoms with Gasteiger partial charge in [0.05, 0.1) is 19.4 Å². The Morgan fingerprint density at radius 1 is 1.25 bits per heavy atom. The molecular weight excluding hydrogens is 482 g/mol. The first kappa shape index (κ1) is 24.4. The Hall–Kier alpha value is -3.30. The van der Waals surface area contributed by atoms with Gasteiger partial charge in [-0.3, -0.25) is 4.79 Å². The second kappa shape index (κ2) is 10.8. The zero-order chi connectivity index (χ0) is 25.1. The van der Waals surface area contributed by atoms with Gasteiger partial charge in [0.25, 0.3) is 0 Å². The van der Waals surface area contributed by atoms with Gasteiger partial charge in [-0.2, -0.15) is 4.80 Å². The Kier molecular flexibility index (Phi) is 7.29. The molecule has 0 spiro atoms. The van der Waals surface area contributed by atoms with E-state index in [0.29, 0.717) is 48.0 Å². The maximum absolute atomic E-state index is 10.8. The summed E-state index contributed by atoms with van der Waals surface area (Å²) in [6, 6.07) is 10.2. The summed E-state index contributed by atoms with van der Waals surface area (Å²) in [6.45, 7) is 1.14. The lowest BCUT2D eigenvalue weighted by Gasteiger charge is -2.15. The summed E-state index contributed by atoms with van der Waals surface area (Å²) in [7, 11) is 1.67. The van der Waals surface area contributed by atoms with Crippen molar-refractivity contribution in [3.63, 3.8) is 0 Å². The van der Waals surface area contributed by atoms with Crippen LogP contribution >= 0.6 is 11.6 Å². The van der Waals surface area contributed by atoms with Gasteiger partial charge in [0.1, 0.15) is 0 Å². The highest BCUT2D eigenvalue weighted by Crippen LogP contribution is 2.44. The average Bonchev–Trinajstić information content (AvgIpc) is 3.40. The van der Waals surface area contributed by atoms with E-state index in [1.54, 1.807) is 7.11 Å². The average molecular weight is 510 g/mol. The van der Waals surface area contributed by atoms with Gasteiger partial charge >= 0.3 is 5.97 Å². The molecule has 9 nitrogen and oxygen atoms in total. The summed E-state index contributed by atoms with van der Waals surface area (Å²) in [4.78, 5) is 16.8. The van der Waals surface area contributed by atoms with Crippen LogP contribution in [-0.2, 0) is 28.9 Å². The van der Waals surface area contributed by atoms with E-state index >= 15 is 0 Å². The first-order valence-electron chi connectivity index (χ1n) is 12.1. The number of ether oxygens (including phenoxy) is 2. The molecule has 1 aliphatic carbocycles. The summed E-state index contributed by atoms with van der Waals surface area (Å²) >= 11 is 6.72. The van der Waals surface area contributed by atoms with Crippen molar-refractivity contribution in [3.8, 4) is 5.88 Å². The first-order valence-corrected chi connectivity index (χ1v) is 12.5. The molecule has 1 atom stereocenters. The predicted octanol–water partition coefficient (Wildman–Crippen LogP) is 3.95. The van der Waals surface area contributed by atoms with Gasteiger partial charge in [0, 0.05) is 35.1 Å². The number of carbonyl (C=O) groups is 1. The van der Waals surface area contributed by atoms with Crippen molar-refractivity contribution in [1.29, 1.82) is 0 Å². The molecule has 0 radical (unpaired) electrons. The number of pyridine rings is 1. The van der Waals surface area contributed by atoms with Crippen LogP contribution in [0.5, 0.6) is 5.88 Å². The van der Waals surface area contributed by atoms with Gasteiger partial charge in [-0.1, -0.05) is 35.9 Å². The molecule has 10 heteroatoms. The fraction of sp³-hybridized carbons (Fsp3) is 0.423. The standard InChI is InChI=1S/C26H28ClN5O4/c1-35-26-20(17-2-3-17)7-8-23(28-26)21(12-16-10-11-36-15-16)19-5-4-18(22(27)13-19)6-9-24-29-31-32(30-24)14-25(33)34/h4-5,7-8,12-13,16-17H,2-3,6,9-11,14-15H2,1H3,(H,33,34)/b21-12+/t16-/m1/s1. The fourth-order valence-electron chi connectivity index (χ4n) is 4.45. The molecule has 5 rings (SSSR count). The number of hydrogen-bond donors (Lipinski definition) is 1. The summed E-state index contributed by atoms with van der Waals surface area (Å²) in [5.41, 5.74) is 4.97. The molecule has 0 unspecified atom stereocenters. The fourth-order valence-corrected chi connectivity index (χ4v) is 4.72. The number of benzene rings is 1. The Bertz CT molecular complexity index is 1280. The number of carboxylic acids is 1. The van der Waals surface area contributed by atoms with Crippen molar-refractivity contribution >= 4 is 23.1 Å². The minimum absolute atomic E-state index is 0.314. The van der Waals surface area contributed by atoms with Crippen molar-refractivity contribution < 1.29 is 19.4 Å². The quantitative estimate of drug-likeness (QED) is 0.437. The molecule has 1 N–H and O–H groups in total. The van der Waals surface area contributed by atoms with Gasteiger partial charge < -0.3 is 14.6 Å². The van der Waals surface area contributed by atoms with Crippen molar-refractivity contribution in [2.24, 2.45) is 5.92 Å². The van der Waals surface area contributed by atoms with Gasteiger partial charge in [-0.15, -0.1) is 10.2 Å². The molecule has 0 amide bonds. The van der Waals surface area contributed by atoms with Crippen LogP contribution in [-0.4, -0.2) is 56.6 Å². The second-order valence-corrected chi connectivity index (χ2v) is 9.62. The van der Waals surface area contributed by atoms with Crippen LogP contribution in [0.1, 0.15) is 53.4 Å². The first-order chi connectivity index (χ1) is 17.5. The summed E-state index contributed by atoms with van der Waals surface area (Å²) in [5.74, 6) is 1.01. The number of aliphatic carboxylic acids is 1. The molecule has 36 heavy (non-hydrogen) atoms. The number of nitrogens with zero attached hydrogens (tertiary/aromatic N) is 5. The predicted molar refractivity (Wildman–Crippen MR) is 133 cm³/mol. The summed E-state index contributed by atoms with van der Waals surface area (Å²) < 4.78 is 11.2. The lowest BCUT2D eigenvalue weighted by Crippen LogP contribution is -2.11. The Balaban J connectivity index is 1.39. The van der Waals surface area contributed by atoms with Crippen molar-refractivity contribution in [3.05, 3.63) is 69.6 Å². The van der Waals surface area contributed by atoms with E-state index in [4.69, 9.17) is 31.2 Å². The highest BCUT2D eigenvalue weighted by Gasteiger charge is 2.28. The minimum Gasteiger partial charge on any atom is -0.481 e. The molecule has 2 aromatic heterocycles. The Labute approximate surface area is 214 Å². The van der Waals surface area contributed by atoms with Gasteiger partial charge in [0.15, 0.2) is 12.4 Å². The molecule has 0 bridgehead atoms. The van der Waals surface area contributed by atoms with Crippen LogP contribution < -0.4 is 4.74 Å². The third-order valence-corrected chi connectivity index (χ3v) is 6.85. The third-order valence-electron chi connectivity index (χ3n) is 6.50. The maximum Gasteiger partial charge on any atom is 0.327 e. The number of methoxy groups -OCH3 is 1. The topological polar surface area (TPSA) is 112 Å². The number of tetrazole rings is 1. The van der Waals surface area contributed by atoms with E-state index in [-0.39, 0.29) is 6.54 Å². The highest BCUT2D eigenvalue weighted by molar-refractivity contribution is 6.31. The smallest absolute Gasteiger partial charge is 0.327 e. The van der Waals surface area contributed by atoms with E-state index < -0.39 is 5.97 Å². The van der Waals surface area contributed by atoms with Crippen molar-refractivity contribution in [2.75, 3.05) is 20.3 Å². The molecule has 188 valence electrons. The van der Waals surface area contributed by atoms with Crippen molar-refractivity contribution in [1.82, 2.24) is 25.2 Å². The van der Waals surface area contributed by atoms with E-state index in [0.717, 1.165) is 40.2 Å². The van der Waals surface area contributed by atoms with E-state index in [1.165, 1.54) is 18.4 Å². The van der Waals surface area contributed by atoms with E-state index in [9.17, 15) is 4.79 Å². The summed E-state index contributed by atoms with van der Waals surface area (Å²) in [5, 5.41) is 21.3. The van der Waals surface area contributed by atoms with Crippen LogP contribution in [0.4, 0.5) is 0 Å². The number of rotatable bonds is 10. The number of aromatic nitrogens is 5. The zero-order valence-corrected chi connectivity index (χ0v) is 20.8. The van der Waals surface area contributed by atoms with Crippen LogP contribution in [0.15, 0.2) is 36.4 Å². The Morgan fingerprint density at radius 3 is 2.81 bits per heavy atom. The number of halogens is 1. The molecule has 1 aliphatic heterocycles. The largest absolute Gasteiger partial charge is 0.481 e. The molecule has 3 heterocycles. The number of aryl methyl sites for hydroxylation is 2. The van der Waals surface area contributed by atoms with Crippen LogP contribution in [0, 0.1) is 5.92 Å². The number of carboxylic acid groups (broad SMARTS) is 1. The highest BCUT2D eigenvalue weighted by atomic mass is 35.5. The minimum atomic E-state index is -1.01. The lowest BCUT2D eigenvalue weighted by atomic mass is 9.94.